The van der Waals surface area contributed by atoms with E-state index in [1.165, 1.54) is 25.7 Å². The first-order valence-electron chi connectivity index (χ1n) is 11.1. The number of hydrogen-bond acceptors (Lipinski definition) is 5. The highest BCUT2D eigenvalue weighted by Crippen LogP contribution is 2.33. The normalized spacial score (nSPS) is 14.6. The molecule has 1 saturated carbocycles. The highest BCUT2D eigenvalue weighted by atomic mass is 35.5. The van der Waals surface area contributed by atoms with Gasteiger partial charge in [-0.25, -0.2) is 0 Å². The van der Waals surface area contributed by atoms with Crippen molar-refractivity contribution in [3.05, 3.63) is 54.1 Å². The molecule has 6 nitrogen and oxygen atoms in total. The summed E-state index contributed by atoms with van der Waals surface area (Å²) in [6.07, 6.45) is 5.10. The molecule has 0 unspecified atom stereocenters. The minimum Gasteiger partial charge on any atom is -0.490 e. The van der Waals surface area contributed by atoms with E-state index in [0.29, 0.717) is 18.1 Å². The summed E-state index contributed by atoms with van der Waals surface area (Å²) in [6, 6.07) is 15.3. The number of nitrogens with zero attached hydrogens (tertiary/aromatic N) is 1. The number of para-hydroxylation sites is 1. The Kier molecular flexibility index (Phi) is 10.3. The van der Waals surface area contributed by atoms with Crippen LogP contribution in [-0.2, 0) is 11.3 Å². The van der Waals surface area contributed by atoms with Gasteiger partial charge >= 0.3 is 0 Å². The lowest BCUT2D eigenvalue weighted by Gasteiger charge is -2.36. The monoisotopic (exact) mass is 461 g/mol. The van der Waals surface area contributed by atoms with Crippen molar-refractivity contribution in [3.8, 4) is 11.5 Å². The molecule has 7 heteroatoms. The molecule has 3 rings (SSSR count). The molecule has 2 N–H and O–H groups in total. The lowest BCUT2D eigenvalue weighted by Crippen LogP contribution is -2.49. The van der Waals surface area contributed by atoms with Gasteiger partial charge in [0.15, 0.2) is 18.1 Å². The van der Waals surface area contributed by atoms with Gasteiger partial charge in [0.25, 0.3) is 5.91 Å². The van der Waals surface area contributed by atoms with Gasteiger partial charge in [0.2, 0.25) is 0 Å². The maximum Gasteiger partial charge on any atom is 0.262 e. The van der Waals surface area contributed by atoms with Gasteiger partial charge in [0.1, 0.15) is 0 Å². The number of anilines is 1. The van der Waals surface area contributed by atoms with E-state index in [-0.39, 0.29) is 30.5 Å². The lowest BCUT2D eigenvalue weighted by atomic mass is 9.96. The van der Waals surface area contributed by atoms with Crippen molar-refractivity contribution < 1.29 is 14.3 Å². The van der Waals surface area contributed by atoms with E-state index in [0.717, 1.165) is 24.3 Å². The number of carbonyl (C=O) groups is 1. The fraction of sp³-hybridized carbons (Fsp3) is 0.480. The van der Waals surface area contributed by atoms with E-state index in [2.05, 4.69) is 29.6 Å². The Morgan fingerprint density at radius 1 is 1.03 bits per heavy atom. The van der Waals surface area contributed by atoms with Crippen molar-refractivity contribution in [1.82, 2.24) is 10.2 Å². The van der Waals surface area contributed by atoms with Crippen LogP contribution in [0.4, 0.5) is 5.69 Å². The Morgan fingerprint density at radius 3 is 2.41 bits per heavy atom. The van der Waals surface area contributed by atoms with Crippen molar-refractivity contribution in [1.29, 1.82) is 0 Å². The molecule has 0 spiro atoms. The van der Waals surface area contributed by atoms with Crippen molar-refractivity contribution >= 4 is 24.0 Å². The molecule has 1 aliphatic carbocycles. The van der Waals surface area contributed by atoms with E-state index in [9.17, 15) is 4.79 Å². The molecule has 0 atom stereocenters. The van der Waals surface area contributed by atoms with Crippen LogP contribution in [0, 0.1) is 0 Å². The minimum atomic E-state index is -0.204. The standard InChI is InChI=1S/C25H35N3O3.ClH/c1-4-30-23-16-20(17-26-19-25(28(2)3)14-8-9-15-25)12-13-22(23)31-18-24(29)27-21-10-6-5-7-11-21;/h5-7,10-13,16,26H,4,8-9,14-15,17-19H2,1-3H3,(H,27,29);1H. The average Bonchev–Trinajstić information content (AvgIpc) is 3.24. The van der Waals surface area contributed by atoms with Crippen LogP contribution in [-0.4, -0.2) is 50.2 Å². The third kappa shape index (κ3) is 7.12. The maximum atomic E-state index is 12.2. The second-order valence-corrected chi connectivity index (χ2v) is 8.35. The Hall–Kier alpha value is -2.28. The van der Waals surface area contributed by atoms with Crippen molar-refractivity contribution in [2.75, 3.05) is 39.2 Å². The highest BCUT2D eigenvalue weighted by molar-refractivity contribution is 5.91. The van der Waals surface area contributed by atoms with Gasteiger partial charge < -0.3 is 25.0 Å². The predicted octanol–water partition coefficient (Wildman–Crippen LogP) is 4.49. The first-order valence-corrected chi connectivity index (χ1v) is 11.1. The van der Waals surface area contributed by atoms with Crippen LogP contribution in [0.5, 0.6) is 11.5 Å². The fourth-order valence-electron chi connectivity index (χ4n) is 4.17. The molecular weight excluding hydrogens is 426 g/mol. The number of halogens is 1. The smallest absolute Gasteiger partial charge is 0.262 e. The number of carbonyl (C=O) groups excluding carboxylic acids is 1. The Bertz CT molecular complexity index is 840. The first kappa shape index (κ1) is 26.0. The summed E-state index contributed by atoms with van der Waals surface area (Å²) >= 11 is 0. The molecule has 1 fully saturated rings. The SMILES string of the molecule is CCOc1cc(CNCC2(N(C)C)CCCC2)ccc1OCC(=O)Nc1ccccc1.Cl. The van der Waals surface area contributed by atoms with Gasteiger partial charge in [-0.05, 0) is 63.7 Å². The summed E-state index contributed by atoms with van der Waals surface area (Å²) in [5.41, 5.74) is 2.15. The van der Waals surface area contributed by atoms with Crippen molar-refractivity contribution in [2.45, 2.75) is 44.7 Å². The zero-order valence-electron chi connectivity index (χ0n) is 19.4. The van der Waals surface area contributed by atoms with Crippen LogP contribution < -0.4 is 20.1 Å². The first-order chi connectivity index (χ1) is 15.0. The van der Waals surface area contributed by atoms with Gasteiger partial charge in [0, 0.05) is 24.3 Å². The minimum absolute atomic E-state index is 0. The maximum absolute atomic E-state index is 12.2. The zero-order chi connectivity index (χ0) is 22.1. The van der Waals surface area contributed by atoms with Gasteiger partial charge in [0.05, 0.1) is 6.61 Å². The summed E-state index contributed by atoms with van der Waals surface area (Å²) in [5, 5.41) is 6.45. The molecule has 176 valence electrons. The topological polar surface area (TPSA) is 62.8 Å². The summed E-state index contributed by atoms with van der Waals surface area (Å²) in [5.74, 6) is 1.04. The number of likely N-dealkylation sites (N-methyl/N-ethyl adjacent to an activating group) is 1. The molecule has 0 aliphatic heterocycles. The third-order valence-corrected chi connectivity index (χ3v) is 5.99. The average molecular weight is 462 g/mol. The predicted molar refractivity (Wildman–Crippen MR) is 132 cm³/mol. The highest BCUT2D eigenvalue weighted by Gasteiger charge is 2.35. The number of ether oxygens (including phenoxy) is 2. The molecule has 0 saturated heterocycles. The third-order valence-electron chi connectivity index (χ3n) is 5.99. The van der Waals surface area contributed by atoms with Crippen LogP contribution in [0.1, 0.15) is 38.2 Å². The lowest BCUT2D eigenvalue weighted by molar-refractivity contribution is -0.118. The number of hydrogen-bond donors (Lipinski definition) is 2. The molecule has 1 aliphatic rings. The second-order valence-electron chi connectivity index (χ2n) is 8.35. The number of nitrogens with one attached hydrogen (secondary N) is 2. The molecule has 0 aromatic heterocycles. The summed E-state index contributed by atoms with van der Waals surface area (Å²) < 4.78 is 11.5. The molecule has 0 radical (unpaired) electrons. The zero-order valence-corrected chi connectivity index (χ0v) is 20.2. The van der Waals surface area contributed by atoms with Crippen LogP contribution in [0.3, 0.4) is 0 Å². The van der Waals surface area contributed by atoms with Crippen LogP contribution in [0.15, 0.2) is 48.5 Å². The molecule has 0 bridgehead atoms. The van der Waals surface area contributed by atoms with Crippen LogP contribution in [0.2, 0.25) is 0 Å². The Morgan fingerprint density at radius 2 is 1.75 bits per heavy atom. The van der Waals surface area contributed by atoms with Gasteiger partial charge in [-0.3, -0.25) is 4.79 Å². The van der Waals surface area contributed by atoms with Crippen molar-refractivity contribution in [2.24, 2.45) is 0 Å². The summed E-state index contributed by atoms with van der Waals surface area (Å²) in [4.78, 5) is 14.6. The van der Waals surface area contributed by atoms with Gasteiger partial charge in [-0.1, -0.05) is 37.1 Å². The van der Waals surface area contributed by atoms with E-state index in [1.54, 1.807) is 0 Å². The van der Waals surface area contributed by atoms with Gasteiger partial charge in [-0.2, -0.15) is 0 Å². The van der Waals surface area contributed by atoms with Gasteiger partial charge in [-0.15, -0.1) is 12.4 Å². The summed E-state index contributed by atoms with van der Waals surface area (Å²) in [7, 11) is 4.36. The number of benzene rings is 2. The fourth-order valence-corrected chi connectivity index (χ4v) is 4.17. The molecule has 2 aromatic carbocycles. The molecule has 1 amide bonds. The van der Waals surface area contributed by atoms with E-state index >= 15 is 0 Å². The second kappa shape index (κ2) is 12.7. The number of amides is 1. The largest absolute Gasteiger partial charge is 0.490 e. The molecule has 32 heavy (non-hydrogen) atoms. The van der Waals surface area contributed by atoms with Crippen molar-refractivity contribution in [3.63, 3.8) is 0 Å². The van der Waals surface area contributed by atoms with E-state index in [4.69, 9.17) is 9.47 Å². The molecule has 2 aromatic rings. The Labute approximate surface area is 198 Å². The Balaban J connectivity index is 0.00000363. The number of rotatable bonds is 11. The summed E-state index contributed by atoms with van der Waals surface area (Å²) in [6.45, 7) is 4.15. The molecular formula is C25H36ClN3O3. The molecule has 0 heterocycles. The van der Waals surface area contributed by atoms with E-state index in [1.807, 2.05) is 55.5 Å². The van der Waals surface area contributed by atoms with E-state index < -0.39 is 0 Å². The van der Waals surface area contributed by atoms with Crippen LogP contribution >= 0.6 is 12.4 Å². The quantitative estimate of drug-likeness (QED) is 0.516. The van der Waals surface area contributed by atoms with Crippen LogP contribution in [0.25, 0.3) is 0 Å².